The van der Waals surface area contributed by atoms with Crippen molar-refractivity contribution < 1.29 is 33.0 Å². The van der Waals surface area contributed by atoms with Crippen molar-refractivity contribution in [2.24, 2.45) is 0 Å². The summed E-state index contributed by atoms with van der Waals surface area (Å²) in [6.45, 7) is 8.86. The molecule has 0 aliphatic rings. The minimum absolute atomic E-state index is 0.00202. The fraction of sp³-hybridized carbons (Fsp3) is 0.312. The summed E-state index contributed by atoms with van der Waals surface area (Å²) >= 11 is 6.09. The molecule has 2 N–H and O–H groups in total. The predicted molar refractivity (Wildman–Crippen MR) is 162 cm³/mol. The second-order valence-corrected chi connectivity index (χ2v) is 13.5. The van der Waals surface area contributed by atoms with E-state index in [-0.39, 0.29) is 21.9 Å². The van der Waals surface area contributed by atoms with Gasteiger partial charge in [0, 0.05) is 17.1 Å². The van der Waals surface area contributed by atoms with Gasteiger partial charge in [0.25, 0.3) is 0 Å². The minimum atomic E-state index is -3.95. The molecule has 0 spiro atoms. The van der Waals surface area contributed by atoms with Gasteiger partial charge in [-0.05, 0) is 94.1 Å². The van der Waals surface area contributed by atoms with Crippen LogP contribution in [0.3, 0.4) is 0 Å². The second-order valence-electron chi connectivity index (χ2n) is 11.1. The molecule has 0 aliphatic carbocycles. The number of rotatable bonds is 10. The topological polar surface area (TPSA) is 121 Å². The number of aliphatic hydroxyl groups excluding tert-OH is 1. The van der Waals surface area contributed by atoms with Crippen molar-refractivity contribution in [1.29, 1.82) is 0 Å². The van der Waals surface area contributed by atoms with Gasteiger partial charge in [0.2, 0.25) is 9.84 Å². The summed E-state index contributed by atoms with van der Waals surface area (Å²) in [5.74, 6) is -1.18. The second kappa shape index (κ2) is 13.5. The Morgan fingerprint density at radius 2 is 1.71 bits per heavy atom. The third-order valence-electron chi connectivity index (χ3n) is 6.39. The quantitative estimate of drug-likeness (QED) is 0.251. The predicted octanol–water partition coefficient (Wildman–Crippen LogP) is 6.48. The van der Waals surface area contributed by atoms with E-state index in [0.717, 1.165) is 17.2 Å². The van der Waals surface area contributed by atoms with Gasteiger partial charge in [-0.1, -0.05) is 53.6 Å². The van der Waals surface area contributed by atoms with E-state index in [0.29, 0.717) is 17.0 Å². The first-order chi connectivity index (χ1) is 19.6. The first-order valence-corrected chi connectivity index (χ1v) is 15.2. The van der Waals surface area contributed by atoms with Crippen molar-refractivity contribution in [3.8, 4) is 0 Å². The molecule has 0 aromatic heterocycles. The van der Waals surface area contributed by atoms with E-state index >= 15 is 0 Å². The first kappa shape index (κ1) is 32.8. The van der Waals surface area contributed by atoms with Crippen molar-refractivity contribution in [3.63, 3.8) is 0 Å². The van der Waals surface area contributed by atoms with Crippen molar-refractivity contribution in [3.05, 3.63) is 100 Å². The molecule has 3 aromatic carbocycles. The van der Waals surface area contributed by atoms with E-state index in [2.05, 4.69) is 0 Å². The number of hydrogen-bond acceptors (Lipinski definition) is 6. The number of aliphatic hydroxyl groups is 1. The molecule has 3 rings (SSSR count). The van der Waals surface area contributed by atoms with Gasteiger partial charge in [0.15, 0.2) is 0 Å². The number of carbonyl (C=O) groups excluding carboxylic acids is 1. The Hall–Kier alpha value is -3.66. The maximum atomic E-state index is 13.5. The maximum absolute atomic E-state index is 13.5. The Labute approximate surface area is 252 Å². The van der Waals surface area contributed by atoms with Crippen LogP contribution in [0.15, 0.2) is 82.6 Å². The van der Waals surface area contributed by atoms with Crippen LogP contribution in [0.25, 0.3) is 6.08 Å². The zero-order valence-electron chi connectivity index (χ0n) is 24.2. The lowest BCUT2D eigenvalue weighted by Crippen LogP contribution is -2.45. The van der Waals surface area contributed by atoms with Gasteiger partial charge in [-0.3, -0.25) is 0 Å². The molecule has 42 heavy (non-hydrogen) atoms. The van der Waals surface area contributed by atoms with Gasteiger partial charge < -0.3 is 19.8 Å². The van der Waals surface area contributed by atoms with Crippen LogP contribution in [-0.4, -0.2) is 53.8 Å². The van der Waals surface area contributed by atoms with Crippen molar-refractivity contribution in [2.45, 2.75) is 68.6 Å². The summed E-state index contributed by atoms with van der Waals surface area (Å²) < 4.78 is 32.5. The van der Waals surface area contributed by atoms with Crippen molar-refractivity contribution in [2.75, 3.05) is 6.54 Å². The lowest BCUT2D eigenvalue weighted by molar-refractivity contribution is -0.131. The standard InChI is InChI=1S/C32H36ClNO7S/c1-21-9-15-29(25(17-21)12-16-30(36)37)42(39,40)27-13-10-23(11-14-27)18-22(2)34(31(38)41-32(3,4)5)20-28(35)24-7-6-8-26(33)19-24/h6-17,19,22,28,35H,18,20H2,1-5H3,(H,36,37)/b16-12+/t22-,28-/m1/s1. The van der Waals surface area contributed by atoms with Crippen LogP contribution in [-0.2, 0) is 25.8 Å². The monoisotopic (exact) mass is 613 g/mol. The molecule has 10 heteroatoms. The molecule has 2 atom stereocenters. The number of benzene rings is 3. The largest absolute Gasteiger partial charge is 0.478 e. The van der Waals surface area contributed by atoms with Crippen molar-refractivity contribution in [1.82, 2.24) is 4.90 Å². The summed E-state index contributed by atoms with van der Waals surface area (Å²) in [7, 11) is -3.95. The van der Waals surface area contributed by atoms with Crippen LogP contribution in [0.2, 0.25) is 5.02 Å². The molecule has 0 bridgehead atoms. The molecule has 0 aliphatic heterocycles. The molecule has 0 fully saturated rings. The van der Waals surface area contributed by atoms with Crippen LogP contribution >= 0.6 is 11.6 Å². The summed E-state index contributed by atoms with van der Waals surface area (Å²) in [6, 6.07) is 17.4. The number of sulfone groups is 1. The molecule has 8 nitrogen and oxygen atoms in total. The first-order valence-electron chi connectivity index (χ1n) is 13.4. The summed E-state index contributed by atoms with van der Waals surface area (Å²) in [5.41, 5.74) is 1.65. The average molecular weight is 614 g/mol. The molecule has 0 radical (unpaired) electrons. The molecule has 224 valence electrons. The van der Waals surface area contributed by atoms with E-state index in [4.69, 9.17) is 21.4 Å². The molecule has 0 saturated heterocycles. The highest BCUT2D eigenvalue weighted by Gasteiger charge is 2.29. The number of aliphatic carboxylic acids is 1. The average Bonchev–Trinajstić information content (AvgIpc) is 2.89. The number of carboxylic acid groups (broad SMARTS) is 1. The normalized spacial score (nSPS) is 13.5. The van der Waals surface area contributed by atoms with Gasteiger partial charge in [0.1, 0.15) is 5.60 Å². The van der Waals surface area contributed by atoms with E-state index in [9.17, 15) is 23.1 Å². The van der Waals surface area contributed by atoms with Gasteiger partial charge >= 0.3 is 12.1 Å². The highest BCUT2D eigenvalue weighted by atomic mass is 35.5. The van der Waals surface area contributed by atoms with E-state index in [1.54, 1.807) is 76.2 Å². The summed E-state index contributed by atoms with van der Waals surface area (Å²) in [5, 5.41) is 20.4. The zero-order chi connectivity index (χ0) is 31.2. The Balaban J connectivity index is 1.85. The SMILES string of the molecule is Cc1ccc(S(=O)(=O)c2ccc(C[C@@H](C)N(C[C@@H](O)c3cccc(Cl)c3)C(=O)OC(C)(C)C)cc2)c(/C=C/C(=O)O)c1. The maximum Gasteiger partial charge on any atom is 0.410 e. The molecule has 0 heterocycles. The van der Waals surface area contributed by atoms with Crippen LogP contribution in [0.1, 0.15) is 56.1 Å². The fourth-order valence-corrected chi connectivity index (χ4v) is 5.98. The van der Waals surface area contributed by atoms with Gasteiger partial charge in [-0.2, -0.15) is 0 Å². The number of hydrogen-bond donors (Lipinski definition) is 2. The van der Waals surface area contributed by atoms with Crippen molar-refractivity contribution >= 4 is 39.6 Å². The zero-order valence-corrected chi connectivity index (χ0v) is 25.8. The smallest absolute Gasteiger partial charge is 0.410 e. The Morgan fingerprint density at radius 1 is 1.05 bits per heavy atom. The molecule has 1 amide bonds. The lowest BCUT2D eigenvalue weighted by Gasteiger charge is -2.33. The fourth-order valence-electron chi connectivity index (χ4n) is 4.35. The van der Waals surface area contributed by atoms with E-state index in [1.807, 2.05) is 6.92 Å². The van der Waals surface area contributed by atoms with Crippen LogP contribution in [0.4, 0.5) is 4.79 Å². The number of nitrogens with zero attached hydrogens (tertiary/aromatic N) is 1. The third-order valence-corrected chi connectivity index (χ3v) is 8.47. The number of halogens is 1. The molecule has 3 aromatic rings. The highest BCUT2D eigenvalue weighted by molar-refractivity contribution is 7.91. The van der Waals surface area contributed by atoms with Gasteiger partial charge in [0.05, 0.1) is 22.4 Å². The number of ether oxygens (including phenoxy) is 1. The summed E-state index contributed by atoms with van der Waals surface area (Å²) in [6.07, 6.45) is 0.930. The molecular weight excluding hydrogens is 578 g/mol. The molecular formula is C32H36ClNO7S. The van der Waals surface area contributed by atoms with Gasteiger partial charge in [-0.25, -0.2) is 18.0 Å². The van der Waals surface area contributed by atoms with Crippen LogP contribution < -0.4 is 0 Å². The Kier molecular flexibility index (Phi) is 10.6. The Bertz CT molecular complexity index is 1560. The Morgan fingerprint density at radius 3 is 2.31 bits per heavy atom. The van der Waals surface area contributed by atoms with E-state index in [1.165, 1.54) is 29.2 Å². The lowest BCUT2D eigenvalue weighted by atomic mass is 10.0. The number of aryl methyl sites for hydroxylation is 1. The third kappa shape index (κ3) is 8.92. The highest BCUT2D eigenvalue weighted by Crippen LogP contribution is 2.27. The molecule has 0 saturated carbocycles. The van der Waals surface area contributed by atoms with Gasteiger partial charge in [-0.15, -0.1) is 0 Å². The molecule has 0 unspecified atom stereocenters. The number of carbonyl (C=O) groups is 2. The minimum Gasteiger partial charge on any atom is -0.478 e. The van der Waals surface area contributed by atoms with Crippen LogP contribution in [0, 0.1) is 6.92 Å². The van der Waals surface area contributed by atoms with Crippen LogP contribution in [0.5, 0.6) is 0 Å². The summed E-state index contributed by atoms with van der Waals surface area (Å²) in [4.78, 5) is 25.7. The van der Waals surface area contributed by atoms with E-state index < -0.39 is 39.6 Å². The number of carboxylic acids is 1. The number of amides is 1.